The first-order chi connectivity index (χ1) is 5.63. The number of Topliss-reactive ketones (excluding diaryl/α,β-unsaturated/α-hetero) is 1. The van der Waals surface area contributed by atoms with E-state index in [1.807, 2.05) is 13.8 Å². The molecule has 0 bridgehead atoms. The summed E-state index contributed by atoms with van der Waals surface area (Å²) in [7, 11) is 0. The molecule has 1 rings (SSSR count). The van der Waals surface area contributed by atoms with Crippen molar-refractivity contribution >= 4 is 17.5 Å². The highest BCUT2D eigenvalue weighted by molar-refractivity contribution is 8.00. The van der Waals surface area contributed by atoms with Gasteiger partial charge in [-0.15, -0.1) is 11.8 Å². The second kappa shape index (κ2) is 4.25. The van der Waals surface area contributed by atoms with E-state index in [9.17, 15) is 4.79 Å². The number of rotatable bonds is 3. The summed E-state index contributed by atoms with van der Waals surface area (Å²) < 4.78 is 0. The molecule has 1 fully saturated rings. The van der Waals surface area contributed by atoms with Gasteiger partial charge in [0.2, 0.25) is 0 Å². The molecule has 2 atom stereocenters. The van der Waals surface area contributed by atoms with Crippen LogP contribution in [0.25, 0.3) is 0 Å². The number of nitrogens with one attached hydrogen (secondary N) is 1. The molecular weight excluding hydrogens is 172 g/mol. The van der Waals surface area contributed by atoms with Crippen LogP contribution in [0.1, 0.15) is 13.8 Å². The van der Waals surface area contributed by atoms with Gasteiger partial charge in [-0.25, -0.2) is 0 Å². The maximum Gasteiger partial charge on any atom is 0.176 e. The Labute approximate surface area is 77.5 Å². The van der Waals surface area contributed by atoms with Crippen molar-refractivity contribution < 1.29 is 4.79 Å². The molecule has 1 unspecified atom stereocenters. The van der Waals surface area contributed by atoms with Crippen molar-refractivity contribution in [1.29, 1.82) is 0 Å². The van der Waals surface area contributed by atoms with Crippen LogP contribution in [0.15, 0.2) is 0 Å². The minimum atomic E-state index is -0.312. The van der Waals surface area contributed by atoms with Gasteiger partial charge in [0.25, 0.3) is 0 Å². The SMILES string of the molecule is CC(C)[C@H](N)C(=O)C1NCCS1. The first-order valence-electron chi connectivity index (χ1n) is 4.27. The quantitative estimate of drug-likeness (QED) is 0.664. The van der Waals surface area contributed by atoms with E-state index in [-0.39, 0.29) is 23.1 Å². The van der Waals surface area contributed by atoms with Crippen LogP contribution in [0.4, 0.5) is 0 Å². The number of hydrogen-bond acceptors (Lipinski definition) is 4. The van der Waals surface area contributed by atoms with Gasteiger partial charge in [-0.2, -0.15) is 0 Å². The number of carbonyl (C=O) groups excluding carboxylic acids is 1. The van der Waals surface area contributed by atoms with E-state index in [1.54, 1.807) is 11.8 Å². The molecule has 1 aliphatic rings. The summed E-state index contributed by atoms with van der Waals surface area (Å²) in [6.45, 7) is 4.87. The van der Waals surface area contributed by atoms with Gasteiger partial charge in [-0.1, -0.05) is 13.8 Å². The molecule has 0 aromatic rings. The Bertz CT molecular complexity index is 162. The average Bonchev–Trinajstić information content (AvgIpc) is 2.53. The Kier molecular flexibility index (Phi) is 3.55. The molecule has 12 heavy (non-hydrogen) atoms. The summed E-state index contributed by atoms with van der Waals surface area (Å²) in [5, 5.41) is 3.07. The first kappa shape index (κ1) is 10.0. The largest absolute Gasteiger partial charge is 0.321 e. The zero-order chi connectivity index (χ0) is 9.14. The normalized spacial score (nSPS) is 26.2. The third-order valence-corrected chi connectivity index (χ3v) is 3.19. The van der Waals surface area contributed by atoms with Crippen LogP contribution in [0.5, 0.6) is 0 Å². The molecule has 3 N–H and O–H groups in total. The van der Waals surface area contributed by atoms with Crippen molar-refractivity contribution in [2.75, 3.05) is 12.3 Å². The van der Waals surface area contributed by atoms with Crippen LogP contribution in [-0.2, 0) is 4.79 Å². The van der Waals surface area contributed by atoms with Gasteiger partial charge in [0.05, 0.1) is 6.04 Å². The molecular formula is C8H16N2OS. The lowest BCUT2D eigenvalue weighted by Crippen LogP contribution is -2.44. The molecule has 0 aromatic carbocycles. The van der Waals surface area contributed by atoms with Gasteiger partial charge in [-0.05, 0) is 5.92 Å². The first-order valence-corrected chi connectivity index (χ1v) is 5.32. The molecule has 0 aromatic heterocycles. The van der Waals surface area contributed by atoms with E-state index in [1.165, 1.54) is 0 Å². The fourth-order valence-corrected chi connectivity index (χ4v) is 2.14. The summed E-state index contributed by atoms with van der Waals surface area (Å²) in [5.74, 6) is 1.40. The molecule has 4 heteroatoms. The Balaban J connectivity index is 2.45. The Hall–Kier alpha value is -0.0600. The minimum Gasteiger partial charge on any atom is -0.321 e. The van der Waals surface area contributed by atoms with Crippen LogP contribution in [0.3, 0.4) is 0 Å². The Morgan fingerprint density at radius 1 is 1.67 bits per heavy atom. The highest BCUT2D eigenvalue weighted by atomic mass is 32.2. The van der Waals surface area contributed by atoms with Crippen molar-refractivity contribution in [2.24, 2.45) is 11.7 Å². The zero-order valence-electron chi connectivity index (χ0n) is 7.54. The molecule has 0 radical (unpaired) electrons. The number of ketones is 1. The van der Waals surface area contributed by atoms with Gasteiger partial charge in [0.15, 0.2) is 5.78 Å². The van der Waals surface area contributed by atoms with E-state index >= 15 is 0 Å². The van der Waals surface area contributed by atoms with Crippen molar-refractivity contribution in [2.45, 2.75) is 25.3 Å². The van der Waals surface area contributed by atoms with Crippen molar-refractivity contribution in [3.8, 4) is 0 Å². The molecule has 3 nitrogen and oxygen atoms in total. The third-order valence-electron chi connectivity index (χ3n) is 2.02. The second-order valence-corrected chi connectivity index (χ2v) is 4.59. The number of hydrogen-bond donors (Lipinski definition) is 2. The average molecular weight is 188 g/mol. The summed E-state index contributed by atoms with van der Waals surface area (Å²) >= 11 is 1.66. The molecule has 1 aliphatic heterocycles. The number of carbonyl (C=O) groups is 1. The van der Waals surface area contributed by atoms with Crippen LogP contribution < -0.4 is 11.1 Å². The molecule has 1 saturated heterocycles. The summed E-state index contributed by atoms with van der Waals surface area (Å²) in [6, 6.07) is -0.312. The molecule has 0 amide bonds. The van der Waals surface area contributed by atoms with Crippen molar-refractivity contribution in [3.63, 3.8) is 0 Å². The molecule has 0 spiro atoms. The van der Waals surface area contributed by atoms with Crippen molar-refractivity contribution in [3.05, 3.63) is 0 Å². The second-order valence-electron chi connectivity index (χ2n) is 3.38. The fourth-order valence-electron chi connectivity index (χ4n) is 1.11. The van der Waals surface area contributed by atoms with E-state index < -0.39 is 0 Å². The van der Waals surface area contributed by atoms with E-state index in [4.69, 9.17) is 5.73 Å². The smallest absolute Gasteiger partial charge is 0.176 e. The standard InChI is InChI=1S/C8H16N2OS/c1-5(2)6(9)7(11)8-10-3-4-12-8/h5-6,8,10H,3-4,9H2,1-2H3/t6-,8?/m0/s1. The van der Waals surface area contributed by atoms with Crippen molar-refractivity contribution in [1.82, 2.24) is 5.32 Å². The van der Waals surface area contributed by atoms with Crippen LogP contribution in [-0.4, -0.2) is 29.5 Å². The number of nitrogens with two attached hydrogens (primary N) is 1. The van der Waals surface area contributed by atoms with Gasteiger partial charge < -0.3 is 5.73 Å². The summed E-state index contributed by atoms with van der Waals surface area (Å²) in [4.78, 5) is 11.6. The topological polar surface area (TPSA) is 55.1 Å². The minimum absolute atomic E-state index is 0.0533. The lowest BCUT2D eigenvalue weighted by molar-refractivity contribution is -0.121. The zero-order valence-corrected chi connectivity index (χ0v) is 8.36. The molecule has 0 aliphatic carbocycles. The predicted octanol–water partition coefficient (Wildman–Crippen LogP) is 0.201. The van der Waals surface area contributed by atoms with Crippen LogP contribution >= 0.6 is 11.8 Å². The lowest BCUT2D eigenvalue weighted by atomic mass is 10.0. The predicted molar refractivity (Wildman–Crippen MR) is 52.1 cm³/mol. The van der Waals surface area contributed by atoms with Gasteiger partial charge in [0, 0.05) is 12.3 Å². The maximum atomic E-state index is 11.6. The van der Waals surface area contributed by atoms with Crippen LogP contribution in [0, 0.1) is 5.92 Å². The van der Waals surface area contributed by atoms with E-state index in [2.05, 4.69) is 5.32 Å². The fraction of sp³-hybridized carbons (Fsp3) is 0.875. The lowest BCUT2D eigenvalue weighted by Gasteiger charge is -2.17. The Morgan fingerprint density at radius 3 is 2.75 bits per heavy atom. The highest BCUT2D eigenvalue weighted by Gasteiger charge is 2.28. The van der Waals surface area contributed by atoms with Gasteiger partial charge in [-0.3, -0.25) is 10.1 Å². The van der Waals surface area contributed by atoms with E-state index in [0.29, 0.717) is 0 Å². The van der Waals surface area contributed by atoms with Crippen LogP contribution in [0.2, 0.25) is 0 Å². The van der Waals surface area contributed by atoms with Gasteiger partial charge >= 0.3 is 0 Å². The monoisotopic (exact) mass is 188 g/mol. The molecule has 1 heterocycles. The highest BCUT2D eigenvalue weighted by Crippen LogP contribution is 2.17. The Morgan fingerprint density at radius 2 is 2.33 bits per heavy atom. The number of thioether (sulfide) groups is 1. The van der Waals surface area contributed by atoms with E-state index in [0.717, 1.165) is 12.3 Å². The third kappa shape index (κ3) is 2.21. The van der Waals surface area contributed by atoms with Gasteiger partial charge in [0.1, 0.15) is 5.37 Å². The summed E-state index contributed by atoms with van der Waals surface area (Å²) in [6.07, 6.45) is 0. The maximum absolute atomic E-state index is 11.6. The molecule has 0 saturated carbocycles. The molecule has 70 valence electrons. The summed E-state index contributed by atoms with van der Waals surface area (Å²) in [5.41, 5.74) is 5.74.